The fourth-order valence-corrected chi connectivity index (χ4v) is 4.91. The van der Waals surface area contributed by atoms with E-state index in [0.29, 0.717) is 18.2 Å². The van der Waals surface area contributed by atoms with Crippen LogP contribution in [0, 0.1) is 5.92 Å². The SMILES string of the molecule is CN1CC[C@@H](COCc2ccncc2)CC12CN(C(=O)c1cc3ccccc3[nH]1)C2. The van der Waals surface area contributed by atoms with Crippen LogP contribution in [0.5, 0.6) is 0 Å². The van der Waals surface area contributed by atoms with Crippen LogP contribution in [0.15, 0.2) is 54.9 Å². The zero-order valence-corrected chi connectivity index (χ0v) is 17.4. The van der Waals surface area contributed by atoms with Gasteiger partial charge in [-0.2, -0.15) is 0 Å². The van der Waals surface area contributed by atoms with E-state index >= 15 is 0 Å². The number of carbonyl (C=O) groups is 1. The summed E-state index contributed by atoms with van der Waals surface area (Å²) in [5.41, 5.74) is 2.94. The minimum atomic E-state index is 0.0879. The van der Waals surface area contributed by atoms with E-state index in [0.717, 1.165) is 55.5 Å². The van der Waals surface area contributed by atoms with E-state index in [9.17, 15) is 4.79 Å². The second-order valence-electron chi connectivity index (χ2n) is 8.81. The number of likely N-dealkylation sites (tertiary alicyclic amines) is 2. The van der Waals surface area contributed by atoms with Gasteiger partial charge in [0.15, 0.2) is 0 Å². The lowest BCUT2D eigenvalue weighted by molar-refractivity contribution is -0.0769. The zero-order chi connectivity index (χ0) is 20.6. The van der Waals surface area contributed by atoms with E-state index in [1.165, 1.54) is 0 Å². The molecule has 2 aromatic heterocycles. The van der Waals surface area contributed by atoms with Crippen LogP contribution in [0.2, 0.25) is 0 Å². The summed E-state index contributed by atoms with van der Waals surface area (Å²) < 4.78 is 6.00. The first-order valence-electron chi connectivity index (χ1n) is 10.7. The van der Waals surface area contributed by atoms with Crippen LogP contribution in [0.1, 0.15) is 28.9 Å². The number of pyridine rings is 1. The second-order valence-corrected chi connectivity index (χ2v) is 8.81. The molecule has 5 rings (SSSR count). The highest BCUT2D eigenvalue weighted by Gasteiger charge is 2.51. The fourth-order valence-electron chi connectivity index (χ4n) is 4.91. The van der Waals surface area contributed by atoms with E-state index in [-0.39, 0.29) is 11.4 Å². The highest BCUT2D eigenvalue weighted by Crippen LogP contribution is 2.39. The normalized spacial score (nSPS) is 21.1. The Kier molecular flexibility index (Phi) is 5.05. The van der Waals surface area contributed by atoms with Gasteiger partial charge in [-0.1, -0.05) is 18.2 Å². The lowest BCUT2D eigenvalue weighted by Gasteiger charge is -2.58. The molecule has 1 amide bonds. The smallest absolute Gasteiger partial charge is 0.270 e. The molecule has 30 heavy (non-hydrogen) atoms. The predicted octanol–water partition coefficient (Wildman–Crippen LogP) is 3.32. The zero-order valence-electron chi connectivity index (χ0n) is 17.4. The van der Waals surface area contributed by atoms with Crippen molar-refractivity contribution in [2.24, 2.45) is 5.92 Å². The molecule has 1 spiro atoms. The Labute approximate surface area is 176 Å². The van der Waals surface area contributed by atoms with Gasteiger partial charge in [-0.25, -0.2) is 0 Å². The van der Waals surface area contributed by atoms with Crippen molar-refractivity contribution in [1.82, 2.24) is 19.8 Å². The van der Waals surface area contributed by atoms with Crippen molar-refractivity contribution in [3.05, 3.63) is 66.1 Å². The van der Waals surface area contributed by atoms with E-state index in [2.05, 4.69) is 21.9 Å². The predicted molar refractivity (Wildman–Crippen MR) is 116 cm³/mol. The van der Waals surface area contributed by atoms with Crippen molar-refractivity contribution in [3.8, 4) is 0 Å². The molecule has 2 aliphatic heterocycles. The highest BCUT2D eigenvalue weighted by atomic mass is 16.5. The molecule has 0 unspecified atom stereocenters. The van der Waals surface area contributed by atoms with Gasteiger partial charge in [-0.05, 0) is 62.2 Å². The lowest BCUT2D eigenvalue weighted by Crippen LogP contribution is -2.72. The van der Waals surface area contributed by atoms with Gasteiger partial charge < -0.3 is 14.6 Å². The Bertz CT molecular complexity index is 993. The Morgan fingerprint density at radius 3 is 2.83 bits per heavy atom. The molecule has 2 saturated heterocycles. The Balaban J connectivity index is 1.18. The molecule has 0 aliphatic carbocycles. The Morgan fingerprint density at radius 1 is 1.23 bits per heavy atom. The highest BCUT2D eigenvalue weighted by molar-refractivity contribution is 5.98. The second kappa shape index (κ2) is 7.85. The van der Waals surface area contributed by atoms with Gasteiger partial charge in [0.05, 0.1) is 12.1 Å². The number of amides is 1. The first-order valence-corrected chi connectivity index (χ1v) is 10.7. The van der Waals surface area contributed by atoms with Gasteiger partial charge in [0.2, 0.25) is 0 Å². The number of nitrogens with one attached hydrogen (secondary N) is 1. The fraction of sp³-hybridized carbons (Fsp3) is 0.417. The number of rotatable bonds is 5. The van der Waals surface area contributed by atoms with E-state index in [4.69, 9.17) is 4.74 Å². The quantitative estimate of drug-likeness (QED) is 0.709. The summed E-state index contributed by atoms with van der Waals surface area (Å²) in [6, 6.07) is 14.0. The Morgan fingerprint density at radius 2 is 2.03 bits per heavy atom. The van der Waals surface area contributed by atoms with Crippen molar-refractivity contribution in [2.45, 2.75) is 25.0 Å². The third-order valence-electron chi connectivity index (χ3n) is 6.74. The summed E-state index contributed by atoms with van der Waals surface area (Å²) in [5.74, 6) is 0.634. The van der Waals surface area contributed by atoms with E-state index in [1.807, 2.05) is 47.4 Å². The monoisotopic (exact) mass is 404 g/mol. The molecule has 4 heterocycles. The number of para-hydroxylation sites is 1. The Hall–Kier alpha value is -2.70. The standard InChI is InChI=1S/C24H28N4O2/c1-27-11-8-19(15-30-14-18-6-9-25-10-7-18)13-24(27)16-28(17-24)23(29)22-12-20-4-2-3-5-21(20)26-22/h2-7,9-10,12,19,26H,8,11,13-17H2,1H3/t19-/m1/s1. The molecular weight excluding hydrogens is 376 g/mol. The summed E-state index contributed by atoms with van der Waals surface area (Å²) in [4.78, 5) is 24.7. The maximum Gasteiger partial charge on any atom is 0.270 e. The van der Waals surface area contributed by atoms with Crippen LogP contribution in [0.25, 0.3) is 10.9 Å². The summed E-state index contributed by atoms with van der Waals surface area (Å²) in [6.07, 6.45) is 5.83. The summed E-state index contributed by atoms with van der Waals surface area (Å²) in [7, 11) is 2.19. The molecule has 1 atom stereocenters. The summed E-state index contributed by atoms with van der Waals surface area (Å²) in [6.45, 7) is 4.04. The third-order valence-corrected chi connectivity index (χ3v) is 6.74. The van der Waals surface area contributed by atoms with Gasteiger partial charge in [0.25, 0.3) is 5.91 Å². The van der Waals surface area contributed by atoms with Crippen LogP contribution in [0.4, 0.5) is 0 Å². The van der Waals surface area contributed by atoms with E-state index in [1.54, 1.807) is 12.4 Å². The van der Waals surface area contributed by atoms with Gasteiger partial charge in [-0.3, -0.25) is 14.7 Å². The van der Waals surface area contributed by atoms with Crippen LogP contribution in [-0.2, 0) is 11.3 Å². The lowest BCUT2D eigenvalue weighted by atomic mass is 9.75. The largest absolute Gasteiger partial charge is 0.376 e. The number of hydrogen-bond acceptors (Lipinski definition) is 4. The number of benzene rings is 1. The van der Waals surface area contributed by atoms with Crippen molar-refractivity contribution in [3.63, 3.8) is 0 Å². The molecule has 2 fully saturated rings. The van der Waals surface area contributed by atoms with Crippen molar-refractivity contribution >= 4 is 16.8 Å². The molecule has 1 N–H and O–H groups in total. The minimum absolute atomic E-state index is 0.0879. The maximum absolute atomic E-state index is 13.0. The molecule has 0 saturated carbocycles. The van der Waals surface area contributed by atoms with Crippen LogP contribution in [-0.4, -0.2) is 64.5 Å². The maximum atomic E-state index is 13.0. The van der Waals surface area contributed by atoms with Crippen molar-refractivity contribution in [2.75, 3.05) is 33.3 Å². The van der Waals surface area contributed by atoms with Gasteiger partial charge >= 0.3 is 0 Å². The first kappa shape index (κ1) is 19.3. The number of fused-ring (bicyclic) bond motifs is 1. The van der Waals surface area contributed by atoms with Crippen LogP contribution < -0.4 is 0 Å². The molecule has 1 aromatic carbocycles. The number of aromatic nitrogens is 2. The summed E-state index contributed by atoms with van der Waals surface area (Å²) >= 11 is 0. The third kappa shape index (κ3) is 3.61. The van der Waals surface area contributed by atoms with E-state index < -0.39 is 0 Å². The molecular formula is C24H28N4O2. The van der Waals surface area contributed by atoms with Crippen molar-refractivity contribution < 1.29 is 9.53 Å². The van der Waals surface area contributed by atoms with Crippen LogP contribution >= 0.6 is 0 Å². The molecule has 0 bridgehead atoms. The molecule has 3 aromatic rings. The average Bonchev–Trinajstić information content (AvgIpc) is 3.18. The van der Waals surface area contributed by atoms with Gasteiger partial charge in [0.1, 0.15) is 5.69 Å². The van der Waals surface area contributed by atoms with Crippen molar-refractivity contribution in [1.29, 1.82) is 0 Å². The number of H-pyrrole nitrogens is 1. The van der Waals surface area contributed by atoms with Crippen LogP contribution in [0.3, 0.4) is 0 Å². The number of hydrogen-bond donors (Lipinski definition) is 1. The number of ether oxygens (including phenoxy) is 1. The average molecular weight is 405 g/mol. The molecule has 0 radical (unpaired) electrons. The van der Waals surface area contributed by atoms with Gasteiger partial charge in [0, 0.05) is 43.0 Å². The molecule has 6 nitrogen and oxygen atoms in total. The number of carbonyl (C=O) groups excluding carboxylic acids is 1. The molecule has 156 valence electrons. The number of nitrogens with zero attached hydrogens (tertiary/aromatic N) is 3. The molecule has 2 aliphatic rings. The van der Waals surface area contributed by atoms with Gasteiger partial charge in [-0.15, -0.1) is 0 Å². The first-order chi connectivity index (χ1) is 14.6. The number of likely N-dealkylation sites (N-methyl/N-ethyl adjacent to an activating group) is 1. The minimum Gasteiger partial charge on any atom is -0.376 e. The number of piperidine rings is 1. The number of aromatic amines is 1. The molecule has 6 heteroatoms. The topological polar surface area (TPSA) is 61.5 Å². The summed E-state index contributed by atoms with van der Waals surface area (Å²) in [5, 5.41) is 1.08.